The zero-order valence-corrected chi connectivity index (χ0v) is 20.6. The van der Waals surface area contributed by atoms with Crippen molar-refractivity contribution in [2.75, 3.05) is 30.4 Å². The van der Waals surface area contributed by atoms with Gasteiger partial charge in [-0.05, 0) is 72.2 Å². The van der Waals surface area contributed by atoms with Crippen LogP contribution in [0, 0.1) is 0 Å². The molecule has 2 amide bonds. The summed E-state index contributed by atoms with van der Waals surface area (Å²) in [6, 6.07) is 20.7. The maximum Gasteiger partial charge on any atom is 0.316 e. The number of anilines is 2. The highest BCUT2D eigenvalue weighted by atomic mass is 32.2. The third-order valence-corrected chi connectivity index (χ3v) is 8.95. The lowest BCUT2D eigenvalue weighted by Crippen LogP contribution is -2.47. The lowest BCUT2D eigenvalue weighted by atomic mass is 10.1. The van der Waals surface area contributed by atoms with E-state index in [1.807, 2.05) is 29.2 Å². The smallest absolute Gasteiger partial charge is 0.316 e. The number of hydrogen-bond donors (Lipinski definition) is 3. The monoisotopic (exact) mass is 508 g/mol. The molecule has 10 heteroatoms. The molecule has 1 unspecified atom stereocenters. The first-order valence-corrected chi connectivity index (χ1v) is 12.9. The van der Waals surface area contributed by atoms with Crippen LogP contribution >= 0.6 is 12.2 Å². The minimum atomic E-state index is -3.97. The number of urea groups is 1. The van der Waals surface area contributed by atoms with Crippen molar-refractivity contribution in [1.29, 1.82) is 0 Å². The first kappa shape index (κ1) is 23.1. The number of rotatable bonds is 5. The molecular formula is C25H24N4O4S2. The van der Waals surface area contributed by atoms with E-state index in [1.54, 1.807) is 55.6 Å². The molecule has 0 bridgehead atoms. The third kappa shape index (κ3) is 3.98. The SMILES string of the molecule is COc1ccc(NC(=S)N2CCc3cc(S(=O)(=O)C4(c5ccccc5)CNC(=O)N4)ccc32)cc1. The number of ether oxygens (including phenoxy) is 1. The second-order valence-corrected chi connectivity index (χ2v) is 10.9. The molecule has 2 aliphatic heterocycles. The normalized spacial score (nSPS) is 19.0. The van der Waals surface area contributed by atoms with Crippen molar-refractivity contribution in [2.45, 2.75) is 16.2 Å². The van der Waals surface area contributed by atoms with Gasteiger partial charge in [-0.25, -0.2) is 13.2 Å². The number of nitrogens with zero attached hydrogens (tertiary/aromatic N) is 1. The van der Waals surface area contributed by atoms with Gasteiger partial charge in [0, 0.05) is 17.9 Å². The van der Waals surface area contributed by atoms with Gasteiger partial charge in [-0.2, -0.15) is 0 Å². The number of benzene rings is 3. The molecule has 5 rings (SSSR count). The molecule has 2 heterocycles. The van der Waals surface area contributed by atoms with E-state index in [4.69, 9.17) is 17.0 Å². The lowest BCUT2D eigenvalue weighted by Gasteiger charge is -2.28. The number of carbonyl (C=O) groups is 1. The number of sulfone groups is 1. The summed E-state index contributed by atoms with van der Waals surface area (Å²) in [5, 5.41) is 9.03. The number of methoxy groups -OCH3 is 1. The summed E-state index contributed by atoms with van der Waals surface area (Å²) in [6.45, 7) is 0.570. The van der Waals surface area contributed by atoms with Crippen LogP contribution in [-0.2, 0) is 21.1 Å². The number of hydrogen-bond acceptors (Lipinski definition) is 5. The Balaban J connectivity index is 1.43. The second-order valence-electron chi connectivity index (χ2n) is 8.35. The Kier molecular flexibility index (Phi) is 5.86. The highest BCUT2D eigenvalue weighted by Gasteiger charge is 2.51. The van der Waals surface area contributed by atoms with Crippen molar-refractivity contribution in [3.8, 4) is 5.75 Å². The van der Waals surface area contributed by atoms with E-state index in [-0.39, 0.29) is 11.4 Å². The fourth-order valence-corrected chi connectivity index (χ4v) is 6.69. The molecule has 0 saturated carbocycles. The Morgan fingerprint density at radius 3 is 2.49 bits per heavy atom. The summed E-state index contributed by atoms with van der Waals surface area (Å²) in [5.74, 6) is 0.753. The topological polar surface area (TPSA) is 99.8 Å². The molecule has 0 radical (unpaired) electrons. The molecule has 0 aliphatic carbocycles. The maximum atomic E-state index is 13.9. The van der Waals surface area contributed by atoms with Crippen molar-refractivity contribution in [2.24, 2.45) is 0 Å². The predicted octanol–water partition coefficient (Wildman–Crippen LogP) is 3.39. The van der Waals surface area contributed by atoms with E-state index in [1.165, 1.54) is 0 Å². The number of thiocarbonyl (C=S) groups is 1. The zero-order valence-electron chi connectivity index (χ0n) is 18.9. The molecule has 2 aliphatic rings. The average molecular weight is 509 g/mol. The molecule has 0 aromatic heterocycles. The largest absolute Gasteiger partial charge is 0.497 e. The van der Waals surface area contributed by atoms with E-state index >= 15 is 0 Å². The summed E-state index contributed by atoms with van der Waals surface area (Å²) in [6.07, 6.45) is 0.645. The standard InChI is InChI=1S/C25H24N4O4S2/c1-33-20-9-7-19(8-10-20)27-24(34)29-14-13-17-15-21(11-12-22(17)29)35(31,32)25(16-26-23(30)28-25)18-5-3-2-4-6-18/h2-12,15H,13-14,16H2,1H3,(H,27,34)(H2,26,28,30). The van der Waals surface area contributed by atoms with Gasteiger partial charge in [-0.3, -0.25) is 0 Å². The average Bonchev–Trinajstić information content (AvgIpc) is 3.49. The number of nitrogens with one attached hydrogen (secondary N) is 3. The van der Waals surface area contributed by atoms with Crippen molar-refractivity contribution in [1.82, 2.24) is 10.6 Å². The zero-order chi connectivity index (χ0) is 24.6. The minimum Gasteiger partial charge on any atom is -0.497 e. The Morgan fingerprint density at radius 2 is 1.83 bits per heavy atom. The first-order valence-electron chi connectivity index (χ1n) is 11.1. The molecule has 180 valence electrons. The highest BCUT2D eigenvalue weighted by Crippen LogP contribution is 2.38. The van der Waals surface area contributed by atoms with E-state index in [2.05, 4.69) is 16.0 Å². The van der Waals surface area contributed by atoms with Crippen molar-refractivity contribution >= 4 is 44.6 Å². The van der Waals surface area contributed by atoms with Crippen LogP contribution in [0.15, 0.2) is 77.7 Å². The summed E-state index contributed by atoms with van der Waals surface area (Å²) >= 11 is 5.63. The molecular weight excluding hydrogens is 484 g/mol. The van der Waals surface area contributed by atoms with Crippen LogP contribution in [0.2, 0.25) is 0 Å². The summed E-state index contributed by atoms with van der Waals surface area (Å²) in [4.78, 5) is 12.6. The van der Waals surface area contributed by atoms with Crippen LogP contribution < -0.4 is 25.6 Å². The van der Waals surface area contributed by atoms with Gasteiger partial charge in [0.15, 0.2) is 9.98 Å². The molecule has 1 atom stereocenters. The summed E-state index contributed by atoms with van der Waals surface area (Å²) in [7, 11) is -2.36. The Labute approximate surface area is 209 Å². The number of amides is 2. The third-order valence-electron chi connectivity index (χ3n) is 6.36. The molecule has 8 nitrogen and oxygen atoms in total. The minimum absolute atomic E-state index is 0.0583. The van der Waals surface area contributed by atoms with Crippen LogP contribution in [0.5, 0.6) is 5.75 Å². The fraction of sp³-hybridized carbons (Fsp3) is 0.200. The van der Waals surface area contributed by atoms with Crippen LogP contribution in [0.4, 0.5) is 16.2 Å². The van der Waals surface area contributed by atoms with Gasteiger partial charge in [0.1, 0.15) is 5.75 Å². The van der Waals surface area contributed by atoms with Crippen molar-refractivity contribution < 1.29 is 17.9 Å². The second kappa shape index (κ2) is 8.86. The molecule has 3 aromatic rings. The first-order chi connectivity index (χ1) is 16.8. The molecule has 1 fully saturated rings. The van der Waals surface area contributed by atoms with E-state index < -0.39 is 20.7 Å². The van der Waals surface area contributed by atoms with Crippen molar-refractivity contribution in [3.05, 3.63) is 83.9 Å². The summed E-state index contributed by atoms with van der Waals surface area (Å²) in [5.41, 5.74) is 3.07. The van der Waals surface area contributed by atoms with Crippen molar-refractivity contribution in [3.63, 3.8) is 0 Å². The van der Waals surface area contributed by atoms with Gasteiger partial charge < -0.3 is 25.6 Å². The molecule has 1 saturated heterocycles. The maximum absolute atomic E-state index is 13.9. The Morgan fingerprint density at radius 1 is 1.09 bits per heavy atom. The lowest BCUT2D eigenvalue weighted by molar-refractivity contribution is 0.246. The van der Waals surface area contributed by atoms with Gasteiger partial charge in [0.25, 0.3) is 0 Å². The Hall–Kier alpha value is -3.63. The van der Waals surface area contributed by atoms with Crippen LogP contribution in [0.3, 0.4) is 0 Å². The van der Waals surface area contributed by atoms with Gasteiger partial charge in [-0.15, -0.1) is 0 Å². The Bertz CT molecular complexity index is 1390. The molecule has 3 N–H and O–H groups in total. The van der Waals surface area contributed by atoms with Gasteiger partial charge in [0.2, 0.25) is 9.84 Å². The highest BCUT2D eigenvalue weighted by molar-refractivity contribution is 7.92. The van der Waals surface area contributed by atoms with Crippen LogP contribution in [0.1, 0.15) is 11.1 Å². The predicted molar refractivity (Wildman–Crippen MR) is 139 cm³/mol. The van der Waals surface area contributed by atoms with Crippen LogP contribution in [-0.4, -0.2) is 39.8 Å². The van der Waals surface area contributed by atoms with E-state index in [0.717, 1.165) is 22.7 Å². The number of carbonyl (C=O) groups excluding carboxylic acids is 1. The van der Waals surface area contributed by atoms with Gasteiger partial charge in [0.05, 0.1) is 18.6 Å². The quantitative estimate of drug-likeness (QED) is 0.454. The van der Waals surface area contributed by atoms with Crippen LogP contribution in [0.25, 0.3) is 0 Å². The number of fused-ring (bicyclic) bond motifs is 1. The van der Waals surface area contributed by atoms with E-state index in [9.17, 15) is 13.2 Å². The molecule has 3 aromatic carbocycles. The van der Waals surface area contributed by atoms with E-state index in [0.29, 0.717) is 23.6 Å². The molecule has 35 heavy (non-hydrogen) atoms. The van der Waals surface area contributed by atoms with Gasteiger partial charge >= 0.3 is 6.03 Å². The molecule has 0 spiro atoms. The van der Waals surface area contributed by atoms with Gasteiger partial charge in [-0.1, -0.05) is 30.3 Å². The fourth-order valence-electron chi connectivity index (χ4n) is 4.50. The summed E-state index contributed by atoms with van der Waals surface area (Å²) < 4.78 is 33.0.